The first kappa shape index (κ1) is 14.5. The van der Waals surface area contributed by atoms with Crippen LogP contribution in [0.5, 0.6) is 0 Å². The van der Waals surface area contributed by atoms with Crippen LogP contribution in [0.15, 0.2) is 24.3 Å². The Hall–Kier alpha value is -1.86. The third-order valence-corrected chi connectivity index (χ3v) is 3.79. The highest BCUT2D eigenvalue weighted by Crippen LogP contribution is 2.27. The summed E-state index contributed by atoms with van der Waals surface area (Å²) in [4.78, 5) is 26.1. The molecule has 0 bridgehead atoms. The summed E-state index contributed by atoms with van der Waals surface area (Å²) in [5, 5.41) is 9.43. The maximum atomic E-state index is 12.4. The SMILES string of the molecule is C[C@H](C#N)C(=O)[C@H]1CCCN(c2ccc(Cl)cc2)C1=O. The van der Waals surface area contributed by atoms with Crippen molar-refractivity contribution in [2.45, 2.75) is 19.8 Å². The average molecular weight is 291 g/mol. The Labute approximate surface area is 122 Å². The molecular weight excluding hydrogens is 276 g/mol. The molecule has 4 nitrogen and oxygen atoms in total. The fourth-order valence-electron chi connectivity index (χ4n) is 2.38. The number of nitrogens with zero attached hydrogens (tertiary/aromatic N) is 2. The van der Waals surface area contributed by atoms with Crippen LogP contribution in [0.4, 0.5) is 5.69 Å². The van der Waals surface area contributed by atoms with E-state index < -0.39 is 11.8 Å². The van der Waals surface area contributed by atoms with E-state index in [4.69, 9.17) is 16.9 Å². The van der Waals surface area contributed by atoms with Gasteiger partial charge >= 0.3 is 0 Å². The number of benzene rings is 1. The molecule has 2 atom stereocenters. The van der Waals surface area contributed by atoms with E-state index in [0.717, 1.165) is 12.1 Å². The number of Topliss-reactive ketones (excluding diaryl/α,β-unsaturated/α-hetero) is 1. The third-order valence-electron chi connectivity index (χ3n) is 3.54. The fraction of sp³-hybridized carbons (Fsp3) is 0.400. The summed E-state index contributed by atoms with van der Waals surface area (Å²) in [6, 6.07) is 8.87. The molecule has 20 heavy (non-hydrogen) atoms. The highest BCUT2D eigenvalue weighted by atomic mass is 35.5. The van der Waals surface area contributed by atoms with E-state index in [0.29, 0.717) is 18.0 Å². The second-order valence-electron chi connectivity index (χ2n) is 4.91. The highest BCUT2D eigenvalue weighted by molar-refractivity contribution is 6.30. The second kappa shape index (κ2) is 6.06. The van der Waals surface area contributed by atoms with Gasteiger partial charge in [0.1, 0.15) is 5.92 Å². The smallest absolute Gasteiger partial charge is 0.237 e. The minimum absolute atomic E-state index is 0.217. The molecular formula is C15H15ClN2O2. The fourth-order valence-corrected chi connectivity index (χ4v) is 2.51. The first-order valence-corrected chi connectivity index (χ1v) is 6.92. The number of nitriles is 1. The normalized spacial score (nSPS) is 20.4. The van der Waals surface area contributed by atoms with Crippen molar-refractivity contribution in [3.05, 3.63) is 29.3 Å². The first-order valence-electron chi connectivity index (χ1n) is 6.55. The molecule has 0 unspecified atom stereocenters. The number of rotatable bonds is 3. The van der Waals surface area contributed by atoms with Crippen LogP contribution in [-0.2, 0) is 9.59 Å². The van der Waals surface area contributed by atoms with Crippen molar-refractivity contribution in [2.75, 3.05) is 11.4 Å². The first-order chi connectivity index (χ1) is 9.54. The lowest BCUT2D eigenvalue weighted by Gasteiger charge is -2.32. The molecule has 1 heterocycles. The van der Waals surface area contributed by atoms with E-state index in [1.165, 1.54) is 6.92 Å². The zero-order valence-electron chi connectivity index (χ0n) is 11.2. The molecule has 1 aliphatic rings. The highest BCUT2D eigenvalue weighted by Gasteiger charge is 2.36. The number of halogens is 1. The van der Waals surface area contributed by atoms with Crippen molar-refractivity contribution in [1.29, 1.82) is 5.26 Å². The van der Waals surface area contributed by atoms with Gasteiger partial charge in [0.2, 0.25) is 5.91 Å². The van der Waals surface area contributed by atoms with Gasteiger partial charge in [-0.3, -0.25) is 9.59 Å². The van der Waals surface area contributed by atoms with Crippen LogP contribution in [-0.4, -0.2) is 18.2 Å². The van der Waals surface area contributed by atoms with Crippen molar-refractivity contribution in [2.24, 2.45) is 11.8 Å². The summed E-state index contributed by atoms with van der Waals surface area (Å²) < 4.78 is 0. The van der Waals surface area contributed by atoms with Crippen molar-refractivity contribution in [1.82, 2.24) is 0 Å². The van der Waals surface area contributed by atoms with E-state index in [2.05, 4.69) is 0 Å². The van der Waals surface area contributed by atoms with Gasteiger partial charge in [0.05, 0.1) is 12.0 Å². The molecule has 1 saturated heterocycles. The molecule has 5 heteroatoms. The molecule has 0 aromatic heterocycles. The van der Waals surface area contributed by atoms with Gasteiger partial charge in [-0.25, -0.2) is 0 Å². The Morgan fingerprint density at radius 3 is 2.70 bits per heavy atom. The summed E-state index contributed by atoms with van der Waals surface area (Å²) in [7, 11) is 0. The molecule has 2 rings (SSSR count). The van der Waals surface area contributed by atoms with E-state index in [-0.39, 0.29) is 11.7 Å². The number of anilines is 1. The van der Waals surface area contributed by atoms with Gasteiger partial charge in [-0.1, -0.05) is 11.6 Å². The number of hydrogen-bond donors (Lipinski definition) is 0. The quantitative estimate of drug-likeness (QED) is 0.804. The molecule has 1 amide bonds. The van der Waals surface area contributed by atoms with E-state index >= 15 is 0 Å². The second-order valence-corrected chi connectivity index (χ2v) is 5.35. The summed E-state index contributed by atoms with van der Waals surface area (Å²) in [5.41, 5.74) is 0.738. The van der Waals surface area contributed by atoms with Gasteiger partial charge in [-0.05, 0) is 44.0 Å². The average Bonchev–Trinajstić information content (AvgIpc) is 2.47. The Morgan fingerprint density at radius 2 is 2.10 bits per heavy atom. The van der Waals surface area contributed by atoms with Gasteiger partial charge in [-0.2, -0.15) is 5.26 Å². The molecule has 0 N–H and O–H groups in total. The van der Waals surface area contributed by atoms with Gasteiger partial charge in [0.15, 0.2) is 5.78 Å². The number of ketones is 1. The number of carbonyl (C=O) groups excluding carboxylic acids is 2. The topological polar surface area (TPSA) is 61.2 Å². The Morgan fingerprint density at radius 1 is 1.45 bits per heavy atom. The van der Waals surface area contributed by atoms with Crippen LogP contribution in [0.25, 0.3) is 0 Å². The maximum absolute atomic E-state index is 12.4. The molecule has 0 aliphatic carbocycles. The third kappa shape index (κ3) is 2.83. The Kier molecular flexibility index (Phi) is 4.41. The van der Waals surface area contributed by atoms with Crippen LogP contribution in [0.1, 0.15) is 19.8 Å². The lowest BCUT2D eigenvalue weighted by molar-refractivity contribution is -0.135. The monoisotopic (exact) mass is 290 g/mol. The molecule has 1 fully saturated rings. The van der Waals surface area contributed by atoms with Crippen molar-refractivity contribution in [3.8, 4) is 6.07 Å². The van der Waals surface area contributed by atoms with E-state index in [1.807, 2.05) is 6.07 Å². The summed E-state index contributed by atoms with van der Waals surface area (Å²) in [5.74, 6) is -1.94. The molecule has 0 radical (unpaired) electrons. The van der Waals surface area contributed by atoms with Crippen LogP contribution in [0.2, 0.25) is 5.02 Å². The van der Waals surface area contributed by atoms with Crippen LogP contribution in [0.3, 0.4) is 0 Å². The summed E-state index contributed by atoms with van der Waals surface area (Å²) >= 11 is 5.83. The number of carbonyl (C=O) groups is 2. The van der Waals surface area contributed by atoms with Crippen molar-refractivity contribution in [3.63, 3.8) is 0 Å². The standard InChI is InChI=1S/C15H15ClN2O2/c1-10(9-17)14(19)13-3-2-8-18(15(13)20)12-6-4-11(16)5-7-12/h4-7,10,13H,2-3,8H2,1H3/t10-,13-/m1/s1. The van der Waals surface area contributed by atoms with Crippen LogP contribution >= 0.6 is 11.6 Å². The minimum atomic E-state index is -0.742. The van der Waals surface area contributed by atoms with Gasteiger partial charge < -0.3 is 4.90 Å². The molecule has 0 saturated carbocycles. The van der Waals surface area contributed by atoms with Crippen molar-refractivity contribution < 1.29 is 9.59 Å². The number of amides is 1. The van der Waals surface area contributed by atoms with Gasteiger partial charge in [-0.15, -0.1) is 0 Å². The summed E-state index contributed by atoms with van der Waals surface area (Å²) in [6.45, 7) is 2.13. The minimum Gasteiger partial charge on any atom is -0.312 e. The molecule has 0 spiro atoms. The zero-order chi connectivity index (χ0) is 14.7. The predicted octanol–water partition coefficient (Wildman–Crippen LogP) is 2.81. The molecule has 1 aliphatic heterocycles. The number of hydrogen-bond acceptors (Lipinski definition) is 3. The summed E-state index contributed by atoms with van der Waals surface area (Å²) in [6.07, 6.45) is 1.27. The lowest BCUT2D eigenvalue weighted by Crippen LogP contribution is -2.45. The van der Waals surface area contributed by atoms with Gasteiger partial charge in [0.25, 0.3) is 0 Å². The molecule has 1 aromatic carbocycles. The number of piperidine rings is 1. The Bertz CT molecular complexity index is 562. The zero-order valence-corrected chi connectivity index (χ0v) is 11.9. The predicted molar refractivity (Wildman–Crippen MR) is 76.3 cm³/mol. The molecule has 1 aromatic rings. The van der Waals surface area contributed by atoms with E-state index in [1.54, 1.807) is 29.2 Å². The van der Waals surface area contributed by atoms with Crippen LogP contribution < -0.4 is 4.90 Å². The largest absolute Gasteiger partial charge is 0.312 e. The maximum Gasteiger partial charge on any atom is 0.237 e. The van der Waals surface area contributed by atoms with Crippen LogP contribution in [0, 0.1) is 23.2 Å². The Balaban J connectivity index is 2.21. The lowest BCUT2D eigenvalue weighted by atomic mass is 9.87. The molecule has 104 valence electrons. The van der Waals surface area contributed by atoms with Gasteiger partial charge in [0, 0.05) is 17.3 Å². The van der Waals surface area contributed by atoms with Crippen molar-refractivity contribution >= 4 is 29.0 Å². The van der Waals surface area contributed by atoms with E-state index in [9.17, 15) is 9.59 Å².